The minimum absolute atomic E-state index is 0.275. The van der Waals surface area contributed by atoms with Gasteiger partial charge in [-0.25, -0.2) is 9.18 Å². The Morgan fingerprint density at radius 1 is 1.11 bits per heavy atom. The standard InChI is InChI=1S/C28H30FN3O4S/c29-25-14-20(5-8-26(25)31-9-11-35-12-10-31)32(28(34)36-27-2-1-13-37-27)18-24-22-16-30(17-23(22)24)15-19-3-6-21(33)7-4-19/h1-8,13-14,22-24,33H,9-12,15-18H2. The number of nitrogens with zero attached hydrogens (tertiary/aromatic N) is 3. The summed E-state index contributed by atoms with van der Waals surface area (Å²) in [7, 11) is 0. The number of halogens is 1. The van der Waals surface area contributed by atoms with Crippen molar-refractivity contribution < 1.29 is 23.8 Å². The Kier molecular flexibility index (Phi) is 6.75. The minimum Gasteiger partial charge on any atom is -0.508 e. The van der Waals surface area contributed by atoms with E-state index in [1.165, 1.54) is 23.0 Å². The molecule has 3 fully saturated rings. The second-order valence-electron chi connectivity index (χ2n) is 10.00. The largest absolute Gasteiger partial charge is 0.508 e. The third kappa shape index (κ3) is 5.30. The first-order chi connectivity index (χ1) is 18.0. The molecule has 194 valence electrons. The maximum atomic E-state index is 15.2. The Balaban J connectivity index is 1.14. The van der Waals surface area contributed by atoms with Crippen molar-refractivity contribution in [2.75, 3.05) is 55.7 Å². The highest BCUT2D eigenvalue weighted by Crippen LogP contribution is 2.52. The Hall–Kier alpha value is -3.14. The number of piperidine rings is 1. The zero-order chi connectivity index (χ0) is 25.4. The monoisotopic (exact) mass is 523 g/mol. The summed E-state index contributed by atoms with van der Waals surface area (Å²) >= 11 is 1.36. The van der Waals surface area contributed by atoms with E-state index >= 15 is 4.39 Å². The maximum Gasteiger partial charge on any atom is 0.420 e. The molecule has 1 N–H and O–H groups in total. The summed E-state index contributed by atoms with van der Waals surface area (Å²) in [6.07, 6.45) is -0.480. The number of thiophene rings is 1. The van der Waals surface area contributed by atoms with Gasteiger partial charge >= 0.3 is 6.09 Å². The van der Waals surface area contributed by atoms with E-state index in [2.05, 4.69) is 4.90 Å². The topological polar surface area (TPSA) is 65.5 Å². The number of rotatable bonds is 7. The van der Waals surface area contributed by atoms with Crippen LogP contribution in [-0.2, 0) is 11.3 Å². The van der Waals surface area contributed by atoms with Crippen molar-refractivity contribution >= 4 is 28.8 Å². The van der Waals surface area contributed by atoms with Crippen molar-refractivity contribution in [2.24, 2.45) is 17.8 Å². The molecule has 1 amide bonds. The van der Waals surface area contributed by atoms with E-state index < -0.39 is 6.09 Å². The first-order valence-corrected chi connectivity index (χ1v) is 13.6. The lowest BCUT2D eigenvalue weighted by molar-refractivity contribution is 0.122. The van der Waals surface area contributed by atoms with Crippen molar-refractivity contribution in [3.05, 3.63) is 71.4 Å². The average molecular weight is 524 g/mol. The van der Waals surface area contributed by atoms with E-state index in [0.29, 0.717) is 67.0 Å². The summed E-state index contributed by atoms with van der Waals surface area (Å²) in [5.74, 6) is 1.30. The molecule has 37 heavy (non-hydrogen) atoms. The fraction of sp³-hybridized carbons (Fsp3) is 0.393. The highest BCUT2D eigenvalue weighted by molar-refractivity contribution is 7.11. The Morgan fingerprint density at radius 2 is 1.86 bits per heavy atom. The lowest BCUT2D eigenvalue weighted by Gasteiger charge is -2.30. The van der Waals surface area contributed by atoms with Gasteiger partial charge in [-0.05, 0) is 71.2 Å². The zero-order valence-corrected chi connectivity index (χ0v) is 21.3. The fourth-order valence-corrected chi connectivity index (χ4v) is 6.25. The molecule has 6 rings (SSSR count). The van der Waals surface area contributed by atoms with Gasteiger partial charge in [0.05, 0.1) is 24.6 Å². The number of fused-ring (bicyclic) bond motifs is 1. The Bertz CT molecular complexity index is 1220. The molecule has 7 nitrogen and oxygen atoms in total. The number of phenols is 1. The van der Waals surface area contributed by atoms with Gasteiger partial charge in [-0.3, -0.25) is 9.80 Å². The molecule has 3 aliphatic rings. The van der Waals surface area contributed by atoms with Crippen LogP contribution in [0, 0.1) is 23.6 Å². The van der Waals surface area contributed by atoms with Gasteiger partial charge in [-0.1, -0.05) is 12.1 Å². The van der Waals surface area contributed by atoms with Crippen LogP contribution in [0.2, 0.25) is 0 Å². The number of hydrogen-bond acceptors (Lipinski definition) is 7. The summed E-state index contributed by atoms with van der Waals surface area (Å²) in [5, 5.41) is 11.9. The molecule has 3 heterocycles. The second kappa shape index (κ2) is 10.3. The number of aromatic hydroxyl groups is 1. The molecular formula is C28H30FN3O4S. The molecule has 1 aromatic heterocycles. The molecule has 2 saturated heterocycles. The van der Waals surface area contributed by atoms with Gasteiger partial charge < -0.3 is 19.5 Å². The summed E-state index contributed by atoms with van der Waals surface area (Å²) in [6.45, 7) is 5.73. The van der Waals surface area contributed by atoms with E-state index in [-0.39, 0.29) is 11.6 Å². The summed E-state index contributed by atoms with van der Waals surface area (Å²) in [5.41, 5.74) is 2.22. The van der Waals surface area contributed by atoms with Crippen molar-refractivity contribution in [1.82, 2.24) is 4.90 Å². The highest BCUT2D eigenvalue weighted by Gasteiger charge is 2.56. The van der Waals surface area contributed by atoms with Crippen molar-refractivity contribution in [3.63, 3.8) is 0 Å². The Labute approximate surface area is 219 Å². The number of carbonyl (C=O) groups excluding carboxylic acids is 1. The van der Waals surface area contributed by atoms with Crippen molar-refractivity contribution in [1.29, 1.82) is 0 Å². The normalized spacial score (nSPS) is 23.1. The van der Waals surface area contributed by atoms with Crippen LogP contribution in [0.15, 0.2) is 60.0 Å². The minimum atomic E-state index is -0.480. The Morgan fingerprint density at radius 3 is 2.54 bits per heavy atom. The lowest BCUT2D eigenvalue weighted by atomic mass is 10.1. The van der Waals surface area contributed by atoms with Crippen LogP contribution in [0.1, 0.15) is 5.56 Å². The number of morpholine rings is 1. The SMILES string of the molecule is O=C(Oc1cccs1)N(CC1C2CN(Cc3ccc(O)cc3)CC21)c1ccc(N2CCOCC2)c(F)c1. The lowest BCUT2D eigenvalue weighted by Crippen LogP contribution is -2.38. The third-order valence-electron chi connectivity index (χ3n) is 7.68. The molecule has 1 aliphatic carbocycles. The van der Waals surface area contributed by atoms with E-state index in [4.69, 9.17) is 9.47 Å². The van der Waals surface area contributed by atoms with Crippen LogP contribution in [0.25, 0.3) is 0 Å². The smallest absolute Gasteiger partial charge is 0.420 e. The van der Waals surface area contributed by atoms with Gasteiger partial charge in [0, 0.05) is 39.3 Å². The number of anilines is 2. The van der Waals surface area contributed by atoms with Crippen LogP contribution in [0.5, 0.6) is 10.8 Å². The number of carbonyl (C=O) groups is 1. The summed E-state index contributed by atoms with van der Waals surface area (Å²) in [6, 6.07) is 16.0. The molecule has 2 aromatic carbocycles. The third-order valence-corrected chi connectivity index (χ3v) is 8.43. The van der Waals surface area contributed by atoms with Crippen molar-refractivity contribution in [3.8, 4) is 10.8 Å². The number of amides is 1. The molecule has 1 saturated carbocycles. The first-order valence-electron chi connectivity index (χ1n) is 12.7. The van der Waals surface area contributed by atoms with Crippen molar-refractivity contribution in [2.45, 2.75) is 6.54 Å². The van der Waals surface area contributed by atoms with Crippen LogP contribution in [0.4, 0.5) is 20.6 Å². The fourth-order valence-electron chi connectivity index (χ4n) is 5.68. The number of likely N-dealkylation sites (tertiary alicyclic amines) is 1. The van der Waals surface area contributed by atoms with Gasteiger partial charge in [-0.2, -0.15) is 0 Å². The quantitative estimate of drug-likeness (QED) is 0.480. The van der Waals surface area contributed by atoms with Gasteiger partial charge in [-0.15, -0.1) is 11.3 Å². The average Bonchev–Trinajstić information content (AvgIpc) is 3.24. The summed E-state index contributed by atoms with van der Waals surface area (Å²) in [4.78, 5) is 19.2. The van der Waals surface area contributed by atoms with Gasteiger partial charge in [0.2, 0.25) is 0 Å². The molecule has 2 aliphatic heterocycles. The molecular weight excluding hydrogens is 493 g/mol. The van der Waals surface area contributed by atoms with Crippen LogP contribution >= 0.6 is 11.3 Å². The molecule has 2 atom stereocenters. The first kappa shape index (κ1) is 24.2. The molecule has 0 radical (unpaired) electrons. The molecule has 0 spiro atoms. The number of hydrogen-bond donors (Lipinski definition) is 1. The van der Waals surface area contributed by atoms with E-state index in [9.17, 15) is 9.90 Å². The van der Waals surface area contributed by atoms with Crippen LogP contribution < -0.4 is 14.5 Å². The zero-order valence-electron chi connectivity index (χ0n) is 20.5. The number of ether oxygens (including phenoxy) is 2. The molecule has 3 aromatic rings. The van der Waals surface area contributed by atoms with E-state index in [1.54, 1.807) is 29.2 Å². The molecule has 0 bridgehead atoms. The van der Waals surface area contributed by atoms with Crippen LogP contribution in [0.3, 0.4) is 0 Å². The number of benzene rings is 2. The summed E-state index contributed by atoms with van der Waals surface area (Å²) < 4.78 is 26.3. The molecule has 2 unspecified atom stereocenters. The molecule has 9 heteroatoms. The van der Waals surface area contributed by atoms with Crippen LogP contribution in [-0.4, -0.2) is 62.0 Å². The second-order valence-corrected chi connectivity index (χ2v) is 10.9. The van der Waals surface area contributed by atoms with Gasteiger partial charge in [0.25, 0.3) is 0 Å². The van der Waals surface area contributed by atoms with Gasteiger partial charge in [0.15, 0.2) is 5.06 Å². The maximum absolute atomic E-state index is 15.2. The predicted octanol–water partition coefficient (Wildman–Crippen LogP) is 4.81. The van der Waals surface area contributed by atoms with E-state index in [1.807, 2.05) is 34.5 Å². The predicted molar refractivity (Wildman–Crippen MR) is 141 cm³/mol. The van der Waals surface area contributed by atoms with E-state index in [0.717, 1.165) is 19.6 Å². The highest BCUT2D eigenvalue weighted by atomic mass is 32.1. The van der Waals surface area contributed by atoms with Gasteiger partial charge in [0.1, 0.15) is 11.6 Å². The number of phenolic OH excluding ortho intramolecular Hbond substituents is 1.